The van der Waals surface area contributed by atoms with Crippen LogP contribution in [0.15, 0.2) is 18.5 Å². The van der Waals surface area contributed by atoms with Crippen molar-refractivity contribution in [3.8, 4) is 10.6 Å². The van der Waals surface area contributed by atoms with E-state index in [4.69, 9.17) is 11.6 Å². The van der Waals surface area contributed by atoms with Gasteiger partial charge in [0.15, 0.2) is 17.2 Å². The zero-order valence-corrected chi connectivity index (χ0v) is 18.1. The van der Waals surface area contributed by atoms with E-state index in [1.807, 2.05) is 0 Å². The van der Waals surface area contributed by atoms with Crippen molar-refractivity contribution in [1.29, 1.82) is 0 Å². The number of carbonyl (C=O) groups is 1. The lowest BCUT2D eigenvalue weighted by molar-refractivity contribution is -0.606. The zero-order chi connectivity index (χ0) is 22.5. The normalized spacial score (nSPS) is 12.7. The van der Waals surface area contributed by atoms with Crippen LogP contribution in [0.5, 0.6) is 0 Å². The number of anilines is 1. The topological polar surface area (TPSA) is 77.2 Å². The van der Waals surface area contributed by atoms with E-state index in [0.29, 0.717) is 0 Å². The highest BCUT2D eigenvalue weighted by Gasteiger charge is 2.27. The first-order chi connectivity index (χ1) is 14.0. The molecule has 1 unspecified atom stereocenters. The molecule has 0 bridgehead atoms. The van der Waals surface area contributed by atoms with Gasteiger partial charge in [-0.15, -0.1) is 0 Å². The standard InChI is InChI=1S/C17H18ClF4N3O3S2/c1-2-25(13(26)4-7-30(28)6-3-5-17(20,21)22)16-14(18)23-15(29-16)11-8-12(19)10-24(27)9-11/h8-10H,2-7H2,1H3. The smallest absolute Gasteiger partial charge is 0.389 e. The molecule has 0 fully saturated rings. The fourth-order valence-corrected chi connectivity index (χ4v) is 4.97. The minimum Gasteiger partial charge on any atom is -0.619 e. The van der Waals surface area contributed by atoms with Gasteiger partial charge in [0.2, 0.25) is 12.1 Å². The van der Waals surface area contributed by atoms with Crippen LogP contribution >= 0.6 is 22.9 Å². The Kier molecular flexibility index (Phi) is 8.56. The molecule has 0 aliphatic rings. The predicted octanol–water partition coefficient (Wildman–Crippen LogP) is 4.07. The number of rotatable bonds is 9. The van der Waals surface area contributed by atoms with Gasteiger partial charge in [-0.05, 0) is 19.4 Å². The third-order valence-corrected chi connectivity index (χ3v) is 6.77. The van der Waals surface area contributed by atoms with Crippen LogP contribution in [0, 0.1) is 11.0 Å². The Balaban J connectivity index is 2.04. The Bertz CT molecular complexity index is 904. The number of aromatic nitrogens is 2. The Labute approximate surface area is 181 Å². The highest BCUT2D eigenvalue weighted by atomic mass is 35.5. The molecule has 0 N–H and O–H groups in total. The SMILES string of the molecule is CCN(C(=O)CCS(=O)CCCC(F)(F)F)c1sc(-c2cc(F)c[n+]([O-])c2)nc1Cl. The van der Waals surface area contributed by atoms with E-state index in [0.717, 1.165) is 29.8 Å². The van der Waals surface area contributed by atoms with Gasteiger partial charge in [-0.3, -0.25) is 9.00 Å². The molecule has 2 aromatic rings. The van der Waals surface area contributed by atoms with Crippen LogP contribution in [0.25, 0.3) is 10.6 Å². The number of nitrogens with zero attached hydrogens (tertiary/aromatic N) is 3. The third kappa shape index (κ3) is 7.17. The third-order valence-electron chi connectivity index (χ3n) is 3.87. The van der Waals surface area contributed by atoms with Gasteiger partial charge >= 0.3 is 6.18 Å². The van der Waals surface area contributed by atoms with Crippen LogP contribution in [0.2, 0.25) is 5.15 Å². The Hall–Kier alpha value is -1.79. The summed E-state index contributed by atoms with van der Waals surface area (Å²) in [5.41, 5.74) is 0.192. The van der Waals surface area contributed by atoms with Crippen molar-refractivity contribution in [2.24, 2.45) is 0 Å². The highest BCUT2D eigenvalue weighted by molar-refractivity contribution is 7.84. The summed E-state index contributed by atoms with van der Waals surface area (Å²) in [6.07, 6.45) is -3.86. The van der Waals surface area contributed by atoms with Crippen molar-refractivity contribution in [3.63, 3.8) is 0 Å². The van der Waals surface area contributed by atoms with Crippen LogP contribution in [0.1, 0.15) is 26.2 Å². The first kappa shape index (κ1) is 24.5. The minimum atomic E-state index is -4.30. The lowest BCUT2D eigenvalue weighted by atomic mass is 10.3. The van der Waals surface area contributed by atoms with Crippen LogP contribution in [0.3, 0.4) is 0 Å². The highest BCUT2D eigenvalue weighted by Crippen LogP contribution is 2.37. The van der Waals surface area contributed by atoms with Gasteiger partial charge in [-0.25, -0.2) is 9.37 Å². The van der Waals surface area contributed by atoms with Gasteiger partial charge in [-0.1, -0.05) is 22.9 Å². The number of hydrogen-bond acceptors (Lipinski definition) is 5. The number of halogens is 5. The summed E-state index contributed by atoms with van der Waals surface area (Å²) in [5, 5.41) is 11.9. The summed E-state index contributed by atoms with van der Waals surface area (Å²) in [6, 6.07) is 1.11. The number of hydrogen-bond donors (Lipinski definition) is 0. The fourth-order valence-electron chi connectivity index (χ4n) is 2.52. The molecule has 13 heteroatoms. The summed E-state index contributed by atoms with van der Waals surface area (Å²) in [7, 11) is -1.56. The molecule has 0 aromatic carbocycles. The van der Waals surface area contributed by atoms with Gasteiger partial charge in [0.25, 0.3) is 0 Å². The summed E-state index contributed by atoms with van der Waals surface area (Å²) in [5.74, 6) is -1.39. The maximum atomic E-state index is 13.5. The number of carbonyl (C=O) groups excluding carboxylic acids is 1. The molecule has 6 nitrogen and oxygen atoms in total. The lowest BCUT2D eigenvalue weighted by Crippen LogP contribution is -2.31. The van der Waals surface area contributed by atoms with Gasteiger partial charge in [0.1, 0.15) is 10.0 Å². The monoisotopic (exact) mass is 487 g/mol. The molecule has 1 atom stereocenters. The molecule has 0 saturated carbocycles. The molecule has 166 valence electrons. The Morgan fingerprint density at radius 3 is 2.67 bits per heavy atom. The quantitative estimate of drug-likeness (QED) is 0.303. The second kappa shape index (κ2) is 10.5. The first-order valence-corrected chi connectivity index (χ1v) is 11.5. The molecular weight excluding hydrogens is 470 g/mol. The number of pyridine rings is 1. The van der Waals surface area contributed by atoms with E-state index in [1.165, 1.54) is 4.90 Å². The van der Waals surface area contributed by atoms with E-state index in [9.17, 15) is 31.8 Å². The van der Waals surface area contributed by atoms with Gasteiger partial charge in [-0.2, -0.15) is 17.9 Å². The van der Waals surface area contributed by atoms with Crippen LogP contribution in [-0.4, -0.2) is 39.3 Å². The van der Waals surface area contributed by atoms with E-state index in [-0.39, 0.29) is 56.3 Å². The maximum absolute atomic E-state index is 13.5. The van der Waals surface area contributed by atoms with Crippen LogP contribution in [-0.2, 0) is 15.6 Å². The molecule has 30 heavy (non-hydrogen) atoms. The summed E-state index contributed by atoms with van der Waals surface area (Å²) in [6.45, 7) is 1.90. The summed E-state index contributed by atoms with van der Waals surface area (Å²) in [4.78, 5) is 17.9. The van der Waals surface area contributed by atoms with Crippen molar-refractivity contribution in [3.05, 3.63) is 34.6 Å². The molecule has 1 amide bonds. The van der Waals surface area contributed by atoms with Gasteiger partial charge in [0.05, 0.1) is 5.56 Å². The van der Waals surface area contributed by atoms with Gasteiger partial charge < -0.3 is 10.1 Å². The first-order valence-electron chi connectivity index (χ1n) is 8.78. The molecule has 0 saturated heterocycles. The van der Waals surface area contributed by atoms with E-state index >= 15 is 0 Å². The molecule has 0 radical (unpaired) electrons. The van der Waals surface area contributed by atoms with Crippen molar-refractivity contribution in [2.75, 3.05) is 23.0 Å². The Morgan fingerprint density at radius 2 is 2.07 bits per heavy atom. The minimum absolute atomic E-state index is 0.0155. The number of thiazole rings is 1. The number of amides is 1. The van der Waals surface area contributed by atoms with Crippen molar-refractivity contribution in [2.45, 2.75) is 32.4 Å². The maximum Gasteiger partial charge on any atom is 0.389 e. The number of alkyl halides is 3. The average Bonchev–Trinajstić information content (AvgIpc) is 3.00. The van der Waals surface area contributed by atoms with Crippen LogP contribution in [0.4, 0.5) is 22.6 Å². The predicted molar refractivity (Wildman–Crippen MR) is 107 cm³/mol. The zero-order valence-electron chi connectivity index (χ0n) is 15.7. The van der Waals surface area contributed by atoms with Gasteiger partial charge in [0, 0.05) is 41.7 Å². The molecule has 0 spiro atoms. The molecular formula is C17H18ClF4N3O3S2. The molecule has 0 aliphatic carbocycles. The second-order valence-electron chi connectivity index (χ2n) is 6.17. The molecule has 0 aliphatic heterocycles. The second-order valence-corrected chi connectivity index (χ2v) is 9.20. The largest absolute Gasteiger partial charge is 0.619 e. The Morgan fingerprint density at radius 1 is 1.37 bits per heavy atom. The summed E-state index contributed by atoms with van der Waals surface area (Å²) < 4.78 is 62.1. The molecule has 2 heterocycles. The average molecular weight is 488 g/mol. The lowest BCUT2D eigenvalue weighted by Gasteiger charge is -2.19. The van der Waals surface area contributed by atoms with Crippen molar-refractivity contribution in [1.82, 2.24) is 4.98 Å². The van der Waals surface area contributed by atoms with E-state index < -0.39 is 35.1 Å². The van der Waals surface area contributed by atoms with Crippen molar-refractivity contribution >= 4 is 44.6 Å². The molecule has 2 rings (SSSR count). The molecule has 2 aromatic heterocycles. The van der Waals surface area contributed by atoms with E-state index in [2.05, 4.69) is 4.98 Å². The van der Waals surface area contributed by atoms with Crippen molar-refractivity contribution < 1.29 is 31.3 Å². The van der Waals surface area contributed by atoms with Crippen LogP contribution < -0.4 is 9.63 Å². The summed E-state index contributed by atoms with van der Waals surface area (Å²) >= 11 is 7.11. The fraction of sp³-hybridized carbons (Fsp3) is 0.471. The van der Waals surface area contributed by atoms with E-state index in [1.54, 1.807) is 6.92 Å².